The topological polar surface area (TPSA) is 40.5 Å². The third-order valence-corrected chi connectivity index (χ3v) is 2.94. The fraction of sp³-hybridized carbons (Fsp3) is 0.500. The summed E-state index contributed by atoms with van der Waals surface area (Å²) in [5, 5.41) is 9.17. The molecule has 94 valence electrons. The highest BCUT2D eigenvalue weighted by molar-refractivity contribution is 5.86. The van der Waals surface area contributed by atoms with Crippen LogP contribution in [-0.4, -0.2) is 17.7 Å². The Bertz CT molecular complexity index is 388. The van der Waals surface area contributed by atoms with Crippen LogP contribution in [0.15, 0.2) is 18.2 Å². The maximum absolute atomic E-state index is 11.2. The van der Waals surface area contributed by atoms with Crippen molar-refractivity contribution in [2.45, 2.75) is 40.0 Å². The summed E-state index contributed by atoms with van der Waals surface area (Å²) in [4.78, 5) is 12.6. The molecule has 17 heavy (non-hydrogen) atoms. The number of hydrogen-bond acceptors (Lipinski definition) is 1. The molecule has 1 aromatic rings. The summed E-state index contributed by atoms with van der Waals surface area (Å²) in [6.07, 6.45) is 1.88. The fourth-order valence-electron chi connectivity index (χ4n) is 2.01. The van der Waals surface area contributed by atoms with Crippen LogP contribution in [0.25, 0.3) is 0 Å². The number of carboxylic acid groups (broad SMARTS) is 1. The van der Waals surface area contributed by atoms with Gasteiger partial charge in [-0.25, -0.2) is 4.79 Å². The van der Waals surface area contributed by atoms with E-state index < -0.39 is 6.09 Å². The number of hydrogen-bond donors (Lipinski definition) is 1. The van der Waals surface area contributed by atoms with Gasteiger partial charge in [0.2, 0.25) is 0 Å². The first-order chi connectivity index (χ1) is 8.13. The second kappa shape index (κ2) is 6.28. The summed E-state index contributed by atoms with van der Waals surface area (Å²) in [7, 11) is 0. The van der Waals surface area contributed by atoms with Crippen molar-refractivity contribution in [3.8, 4) is 0 Å². The molecule has 0 atom stereocenters. The number of carbonyl (C=O) groups is 1. The van der Waals surface area contributed by atoms with Crippen LogP contribution >= 0.6 is 0 Å². The van der Waals surface area contributed by atoms with E-state index in [1.165, 1.54) is 16.0 Å². The molecule has 0 aliphatic rings. The van der Waals surface area contributed by atoms with Crippen molar-refractivity contribution in [3.05, 3.63) is 29.3 Å². The van der Waals surface area contributed by atoms with Gasteiger partial charge < -0.3 is 5.11 Å². The molecule has 1 amide bonds. The molecule has 0 fully saturated rings. The van der Waals surface area contributed by atoms with E-state index in [2.05, 4.69) is 13.8 Å². The molecule has 3 heteroatoms. The van der Waals surface area contributed by atoms with Crippen LogP contribution in [0.4, 0.5) is 10.5 Å². The maximum atomic E-state index is 11.2. The van der Waals surface area contributed by atoms with Crippen LogP contribution < -0.4 is 4.90 Å². The monoisotopic (exact) mass is 235 g/mol. The number of anilines is 1. The van der Waals surface area contributed by atoms with Gasteiger partial charge in [0.15, 0.2) is 0 Å². The van der Waals surface area contributed by atoms with Gasteiger partial charge in [0, 0.05) is 12.2 Å². The average Bonchev–Trinajstić information content (AvgIpc) is 2.34. The SMILES string of the molecule is CCCN(C(=O)O)c1ccc(CC)c(CC)c1. The second-order valence-electron chi connectivity index (χ2n) is 4.09. The predicted molar refractivity (Wildman–Crippen MR) is 70.9 cm³/mol. The molecule has 0 saturated heterocycles. The van der Waals surface area contributed by atoms with E-state index in [1.54, 1.807) is 0 Å². The molecule has 0 spiro atoms. The van der Waals surface area contributed by atoms with Gasteiger partial charge >= 0.3 is 6.09 Å². The molecular weight excluding hydrogens is 214 g/mol. The van der Waals surface area contributed by atoms with E-state index in [4.69, 9.17) is 0 Å². The Morgan fingerprint density at radius 3 is 2.29 bits per heavy atom. The summed E-state index contributed by atoms with van der Waals surface area (Å²) in [6.45, 7) is 6.75. The molecule has 0 aromatic heterocycles. The van der Waals surface area contributed by atoms with Crippen LogP contribution in [0.1, 0.15) is 38.3 Å². The van der Waals surface area contributed by atoms with Crippen molar-refractivity contribution in [1.29, 1.82) is 0 Å². The van der Waals surface area contributed by atoms with Crippen LogP contribution in [0.5, 0.6) is 0 Å². The van der Waals surface area contributed by atoms with Gasteiger partial charge in [-0.15, -0.1) is 0 Å². The summed E-state index contributed by atoms with van der Waals surface area (Å²) in [5.41, 5.74) is 3.33. The maximum Gasteiger partial charge on any atom is 0.411 e. The van der Waals surface area contributed by atoms with Crippen molar-refractivity contribution < 1.29 is 9.90 Å². The van der Waals surface area contributed by atoms with Gasteiger partial charge in [0.1, 0.15) is 0 Å². The minimum absolute atomic E-state index is 0.546. The molecule has 0 saturated carbocycles. The third kappa shape index (κ3) is 3.22. The van der Waals surface area contributed by atoms with E-state index >= 15 is 0 Å². The molecular formula is C14H21NO2. The molecule has 0 bridgehead atoms. The Balaban J connectivity index is 3.08. The zero-order chi connectivity index (χ0) is 12.8. The van der Waals surface area contributed by atoms with Crippen molar-refractivity contribution in [1.82, 2.24) is 0 Å². The lowest BCUT2D eigenvalue weighted by atomic mass is 10.0. The summed E-state index contributed by atoms with van der Waals surface area (Å²) >= 11 is 0. The summed E-state index contributed by atoms with van der Waals surface area (Å²) in [6, 6.07) is 5.95. The summed E-state index contributed by atoms with van der Waals surface area (Å²) < 4.78 is 0. The standard InChI is InChI=1S/C14H21NO2/c1-4-9-15(14(16)17)13-8-7-11(5-2)12(6-3)10-13/h7-8,10H,4-6,9H2,1-3H3,(H,16,17). The van der Waals surface area contributed by atoms with Crippen LogP contribution in [0, 0.1) is 0 Å². The number of amides is 1. The van der Waals surface area contributed by atoms with Crippen molar-refractivity contribution >= 4 is 11.8 Å². The predicted octanol–water partition coefficient (Wildman–Crippen LogP) is 3.71. The van der Waals surface area contributed by atoms with E-state index in [1.807, 2.05) is 25.1 Å². The highest BCUT2D eigenvalue weighted by Gasteiger charge is 2.14. The van der Waals surface area contributed by atoms with Crippen molar-refractivity contribution in [2.24, 2.45) is 0 Å². The molecule has 1 N–H and O–H groups in total. The van der Waals surface area contributed by atoms with Crippen LogP contribution in [0.2, 0.25) is 0 Å². The van der Waals surface area contributed by atoms with Crippen LogP contribution in [0.3, 0.4) is 0 Å². The Morgan fingerprint density at radius 2 is 1.82 bits per heavy atom. The molecule has 1 rings (SSSR count). The van der Waals surface area contributed by atoms with Gasteiger partial charge in [-0.3, -0.25) is 4.90 Å². The number of nitrogens with zero attached hydrogens (tertiary/aromatic N) is 1. The molecule has 0 aliphatic carbocycles. The third-order valence-electron chi connectivity index (χ3n) is 2.94. The van der Waals surface area contributed by atoms with E-state index in [0.717, 1.165) is 24.9 Å². The number of benzene rings is 1. The van der Waals surface area contributed by atoms with Gasteiger partial charge in [0.05, 0.1) is 0 Å². The first kappa shape index (κ1) is 13.6. The van der Waals surface area contributed by atoms with Crippen molar-refractivity contribution in [2.75, 3.05) is 11.4 Å². The van der Waals surface area contributed by atoms with Crippen molar-refractivity contribution in [3.63, 3.8) is 0 Å². The van der Waals surface area contributed by atoms with Gasteiger partial charge in [-0.05, 0) is 42.5 Å². The highest BCUT2D eigenvalue weighted by atomic mass is 16.4. The molecule has 0 heterocycles. The summed E-state index contributed by atoms with van der Waals surface area (Å²) in [5.74, 6) is 0. The second-order valence-corrected chi connectivity index (χ2v) is 4.09. The van der Waals surface area contributed by atoms with E-state index in [-0.39, 0.29) is 0 Å². The molecule has 0 unspecified atom stereocenters. The first-order valence-electron chi connectivity index (χ1n) is 6.26. The minimum Gasteiger partial charge on any atom is -0.465 e. The van der Waals surface area contributed by atoms with E-state index in [0.29, 0.717) is 6.54 Å². The van der Waals surface area contributed by atoms with E-state index in [9.17, 15) is 9.90 Å². The molecule has 1 aromatic carbocycles. The molecule has 0 radical (unpaired) electrons. The van der Waals surface area contributed by atoms with Gasteiger partial charge in [-0.1, -0.05) is 26.8 Å². The lowest BCUT2D eigenvalue weighted by Gasteiger charge is -2.20. The zero-order valence-electron chi connectivity index (χ0n) is 10.9. The van der Waals surface area contributed by atoms with Gasteiger partial charge in [-0.2, -0.15) is 0 Å². The smallest absolute Gasteiger partial charge is 0.411 e. The molecule has 3 nitrogen and oxygen atoms in total. The number of rotatable bonds is 5. The lowest BCUT2D eigenvalue weighted by molar-refractivity contribution is 0.202. The van der Waals surface area contributed by atoms with Crippen LogP contribution in [-0.2, 0) is 12.8 Å². The zero-order valence-corrected chi connectivity index (χ0v) is 10.9. The van der Waals surface area contributed by atoms with Gasteiger partial charge in [0.25, 0.3) is 0 Å². The fourth-order valence-corrected chi connectivity index (χ4v) is 2.01. The number of aryl methyl sites for hydroxylation is 2. The Kier molecular flexibility index (Phi) is 5.01. The Labute approximate surface area is 103 Å². The normalized spacial score (nSPS) is 10.3. The molecule has 0 aliphatic heterocycles. The quantitative estimate of drug-likeness (QED) is 0.845. The first-order valence-corrected chi connectivity index (χ1v) is 6.26. The highest BCUT2D eigenvalue weighted by Crippen LogP contribution is 2.21. The average molecular weight is 235 g/mol. The minimum atomic E-state index is -0.877. The Hall–Kier alpha value is -1.51. The Morgan fingerprint density at radius 1 is 1.18 bits per heavy atom. The lowest BCUT2D eigenvalue weighted by Crippen LogP contribution is -2.30. The largest absolute Gasteiger partial charge is 0.465 e.